The molecule has 0 aromatic rings. The van der Waals surface area contributed by atoms with Gasteiger partial charge in [-0.3, -0.25) is 0 Å². The molecule has 0 fully saturated rings. The predicted molar refractivity (Wildman–Crippen MR) is 28.1 cm³/mol. The molecule has 0 saturated carbocycles. The Bertz CT molecular complexity index is 194. The fourth-order valence-corrected chi connectivity index (χ4v) is 0.959. The van der Waals surface area contributed by atoms with Gasteiger partial charge in [0.05, 0.1) is 12.1 Å². The molecule has 0 aliphatic heterocycles. The first kappa shape index (κ1) is 25.4. The quantitative estimate of drug-likeness (QED) is 0.390. The Kier molecular flexibility index (Phi) is 21.9. The third-order valence-electron chi connectivity index (χ3n) is 0.948. The Labute approximate surface area is 148 Å². The number of aliphatic hydroxyl groups is 1. The fourth-order valence-electron chi connectivity index (χ4n) is 0.398. The second-order valence-electron chi connectivity index (χ2n) is 1.96. The van der Waals surface area contributed by atoms with E-state index >= 15 is 0 Å². The Morgan fingerprint density at radius 1 is 1.29 bits per heavy atom. The van der Waals surface area contributed by atoms with Crippen molar-refractivity contribution in [2.24, 2.45) is 0 Å². The van der Waals surface area contributed by atoms with Crippen molar-refractivity contribution in [2.45, 2.75) is 12.5 Å². The molecule has 10 heteroatoms. The van der Waals surface area contributed by atoms with Crippen molar-refractivity contribution in [3.63, 3.8) is 0 Å². The minimum absolute atomic E-state index is 0. The summed E-state index contributed by atoms with van der Waals surface area (Å²) in [6.45, 7) is 0. The first-order valence-electron chi connectivity index (χ1n) is 2.73. The van der Waals surface area contributed by atoms with Gasteiger partial charge in [-0.25, -0.2) is 0 Å². The normalized spacial score (nSPS) is 11.4. The molecule has 0 radical (unpaired) electrons. The molecule has 6 nitrogen and oxygen atoms in total. The third kappa shape index (κ3) is 17.0. The Hall–Kier alpha value is 2.58. The van der Waals surface area contributed by atoms with E-state index in [2.05, 4.69) is 0 Å². The maximum atomic E-state index is 9.91. The van der Waals surface area contributed by atoms with E-state index in [0.29, 0.717) is 0 Å². The third-order valence-corrected chi connectivity index (χ3v) is 1.75. The molecule has 1 N–H and O–H groups in total. The van der Waals surface area contributed by atoms with E-state index < -0.39 is 32.3 Å². The van der Waals surface area contributed by atoms with E-state index in [1.54, 1.807) is 0 Å². The van der Waals surface area contributed by atoms with Gasteiger partial charge < -0.3 is 29.4 Å². The van der Waals surface area contributed by atoms with E-state index in [0.717, 1.165) is 0 Å². The van der Waals surface area contributed by atoms with Crippen molar-refractivity contribution >= 4 is 13.6 Å². The minimum Gasteiger partial charge on any atom is -0.811 e. The number of aliphatic hydroxyl groups excluding tert-OH is 1. The van der Waals surface area contributed by atoms with Crippen molar-refractivity contribution < 1.29 is 118 Å². The molecule has 0 aromatic heterocycles. The van der Waals surface area contributed by atoms with Crippen LogP contribution in [0.4, 0.5) is 0 Å². The Morgan fingerprint density at radius 2 is 1.64 bits per heavy atom. The van der Waals surface area contributed by atoms with E-state index in [1.165, 1.54) is 0 Å². The van der Waals surface area contributed by atoms with Crippen LogP contribution in [0.15, 0.2) is 0 Å². The summed E-state index contributed by atoms with van der Waals surface area (Å²) >= 11 is 0. The Morgan fingerprint density at radius 3 is 1.86 bits per heavy atom. The zero-order valence-corrected chi connectivity index (χ0v) is 15.3. The van der Waals surface area contributed by atoms with Gasteiger partial charge in [0.25, 0.3) is 0 Å². The average molecular weight is 250 g/mol. The number of aliphatic carboxylic acids is 1. The summed E-state index contributed by atoms with van der Waals surface area (Å²) in [7, 11) is -4.71. The van der Waals surface area contributed by atoms with E-state index in [1.807, 2.05) is 0 Å². The molecule has 0 rings (SSSR count). The number of carboxylic acid groups (broad SMARTS) is 1. The second-order valence-corrected chi connectivity index (χ2v) is 3.63. The molecular formula is C4H6Na3O6P. The number of rotatable bonds is 4. The van der Waals surface area contributed by atoms with Gasteiger partial charge in [0.1, 0.15) is 0 Å². The summed E-state index contributed by atoms with van der Waals surface area (Å²) in [5.74, 6) is -1.78. The summed E-state index contributed by atoms with van der Waals surface area (Å²) in [4.78, 5) is 29.6. The van der Waals surface area contributed by atoms with Crippen LogP contribution in [0.25, 0.3) is 0 Å². The molecule has 0 saturated heterocycles. The zero-order chi connectivity index (χ0) is 9.07. The second kappa shape index (κ2) is 12.0. The monoisotopic (exact) mass is 250 g/mol. The smallest absolute Gasteiger partial charge is 0.811 e. The number of carbonyl (C=O) groups is 1. The number of carboxylic acids is 1. The first-order valence-corrected chi connectivity index (χ1v) is 4.46. The van der Waals surface area contributed by atoms with Gasteiger partial charge in [0.2, 0.25) is 0 Å². The van der Waals surface area contributed by atoms with Crippen LogP contribution in [0.1, 0.15) is 6.42 Å². The van der Waals surface area contributed by atoms with Crippen molar-refractivity contribution in [1.29, 1.82) is 0 Å². The summed E-state index contributed by atoms with van der Waals surface area (Å²) in [6, 6.07) is 0. The van der Waals surface area contributed by atoms with Crippen LogP contribution in [-0.4, -0.2) is 23.3 Å². The van der Waals surface area contributed by atoms with Gasteiger partial charge in [0, 0.05) is 0 Å². The maximum absolute atomic E-state index is 9.91. The molecule has 0 heterocycles. The molecule has 0 spiro atoms. The summed E-state index contributed by atoms with van der Waals surface area (Å²) in [6.07, 6.45) is -3.37. The zero-order valence-electron chi connectivity index (χ0n) is 8.43. The first-order chi connectivity index (χ1) is 4.83. The average Bonchev–Trinajstić information content (AvgIpc) is 1.80. The van der Waals surface area contributed by atoms with Gasteiger partial charge >= 0.3 is 88.7 Å². The number of hydrogen-bond donors (Lipinski definition) is 1. The summed E-state index contributed by atoms with van der Waals surface area (Å²) in [5, 5.41) is 18.2. The van der Waals surface area contributed by atoms with Crippen LogP contribution < -0.4 is 104 Å². The van der Waals surface area contributed by atoms with E-state index in [4.69, 9.17) is 5.11 Å². The number of hydrogen-bond acceptors (Lipinski definition) is 6. The SMILES string of the molecule is O=C([O-])[C@H](O)CCP(=O)([O-])[O-].[Na+].[Na+].[Na+]. The van der Waals surface area contributed by atoms with Gasteiger partial charge in [-0.05, 0) is 12.6 Å². The van der Waals surface area contributed by atoms with E-state index in [9.17, 15) is 24.3 Å². The number of carbonyl (C=O) groups excluding carboxylic acids is 1. The predicted octanol–water partition coefficient (Wildman–Crippen LogP) is -12.6. The molecule has 0 amide bonds. The standard InChI is InChI=1S/C4H9O6P.3Na/c5-3(4(6)7)1-2-11(8,9)10;;;/h3,5H,1-2H2,(H,6,7)(H2,8,9,10);;;/q;3*+1/p-3/t3-;;;/m1.../s1. The largest absolute Gasteiger partial charge is 1.00 e. The van der Waals surface area contributed by atoms with Crippen LogP contribution >= 0.6 is 7.60 Å². The van der Waals surface area contributed by atoms with Crippen molar-refractivity contribution in [3.05, 3.63) is 0 Å². The van der Waals surface area contributed by atoms with Crippen molar-refractivity contribution in [3.8, 4) is 0 Å². The van der Waals surface area contributed by atoms with Crippen molar-refractivity contribution in [1.82, 2.24) is 0 Å². The molecule has 66 valence electrons. The summed E-state index contributed by atoms with van der Waals surface area (Å²) < 4.78 is 9.91. The Balaban J connectivity index is -0.000000167. The molecule has 1 atom stereocenters. The van der Waals surface area contributed by atoms with Crippen LogP contribution in [0.5, 0.6) is 0 Å². The van der Waals surface area contributed by atoms with Gasteiger partial charge in [-0.2, -0.15) is 0 Å². The van der Waals surface area contributed by atoms with Gasteiger partial charge in [-0.1, -0.05) is 7.60 Å². The van der Waals surface area contributed by atoms with Gasteiger partial charge in [-0.15, -0.1) is 0 Å². The maximum Gasteiger partial charge on any atom is 1.00 e. The van der Waals surface area contributed by atoms with Gasteiger partial charge in [0.15, 0.2) is 0 Å². The molecule has 14 heavy (non-hydrogen) atoms. The molecule has 0 bridgehead atoms. The van der Waals surface area contributed by atoms with Crippen molar-refractivity contribution in [2.75, 3.05) is 6.16 Å². The molecule has 0 aromatic carbocycles. The molecule has 0 unspecified atom stereocenters. The molecule has 0 aliphatic carbocycles. The van der Waals surface area contributed by atoms with E-state index in [-0.39, 0.29) is 88.7 Å². The van der Waals surface area contributed by atoms with Crippen LogP contribution in [-0.2, 0) is 9.36 Å². The van der Waals surface area contributed by atoms with Crippen LogP contribution in [0.2, 0.25) is 0 Å². The van der Waals surface area contributed by atoms with Crippen LogP contribution in [0, 0.1) is 0 Å². The molecular weight excluding hydrogens is 244 g/mol. The molecule has 0 aliphatic rings. The fraction of sp³-hybridized carbons (Fsp3) is 0.750. The van der Waals surface area contributed by atoms with Crippen LogP contribution in [0.3, 0.4) is 0 Å². The topological polar surface area (TPSA) is 124 Å². The summed E-state index contributed by atoms with van der Waals surface area (Å²) in [5.41, 5.74) is 0. The minimum atomic E-state index is -4.71.